The van der Waals surface area contributed by atoms with Gasteiger partial charge in [-0.2, -0.15) is 0 Å². The molecular formula is C15H15N3O2S2. The lowest BCUT2D eigenvalue weighted by atomic mass is 10.2. The number of rotatable bonds is 5. The maximum atomic E-state index is 12.3. The molecule has 7 heteroatoms. The Hall–Kier alpha value is -1.99. The van der Waals surface area contributed by atoms with Gasteiger partial charge in [-0.05, 0) is 30.4 Å². The Balaban J connectivity index is 1.74. The van der Waals surface area contributed by atoms with E-state index in [0.29, 0.717) is 23.1 Å². The molecule has 0 atom stereocenters. The Morgan fingerprint density at radius 2 is 2.27 bits per heavy atom. The minimum absolute atomic E-state index is 0.192. The van der Waals surface area contributed by atoms with Crippen molar-refractivity contribution in [2.45, 2.75) is 26.2 Å². The molecule has 0 aliphatic carbocycles. The highest BCUT2D eigenvalue weighted by Crippen LogP contribution is 2.20. The van der Waals surface area contributed by atoms with Gasteiger partial charge in [0.05, 0.1) is 5.39 Å². The Bertz CT molecular complexity index is 849. The van der Waals surface area contributed by atoms with Crippen molar-refractivity contribution in [2.75, 3.05) is 5.43 Å². The second kappa shape index (κ2) is 6.41. The monoisotopic (exact) mass is 333 g/mol. The molecule has 0 radical (unpaired) electrons. The van der Waals surface area contributed by atoms with Crippen LogP contribution in [0.15, 0.2) is 34.7 Å². The van der Waals surface area contributed by atoms with Crippen molar-refractivity contribution in [2.24, 2.45) is 0 Å². The molecule has 22 heavy (non-hydrogen) atoms. The summed E-state index contributed by atoms with van der Waals surface area (Å²) in [7, 11) is 0. The van der Waals surface area contributed by atoms with Crippen molar-refractivity contribution >= 4 is 38.8 Å². The van der Waals surface area contributed by atoms with Gasteiger partial charge in [0, 0.05) is 16.2 Å². The summed E-state index contributed by atoms with van der Waals surface area (Å²) < 4.78 is 1.17. The molecule has 0 saturated carbocycles. The summed E-state index contributed by atoms with van der Waals surface area (Å²) in [4.78, 5) is 31.5. The van der Waals surface area contributed by atoms with E-state index in [0.717, 1.165) is 16.2 Å². The van der Waals surface area contributed by atoms with Gasteiger partial charge in [0.1, 0.15) is 11.2 Å². The first-order chi connectivity index (χ1) is 10.7. The van der Waals surface area contributed by atoms with E-state index in [1.807, 2.05) is 30.5 Å². The molecule has 1 amide bonds. The normalized spacial score (nSPS) is 11.0. The van der Waals surface area contributed by atoms with E-state index in [4.69, 9.17) is 0 Å². The largest absolute Gasteiger partial charge is 0.280 e. The molecule has 0 spiro atoms. The molecule has 0 unspecified atom stereocenters. The van der Waals surface area contributed by atoms with Gasteiger partial charge in [-0.15, -0.1) is 22.7 Å². The van der Waals surface area contributed by atoms with E-state index in [2.05, 4.69) is 10.4 Å². The van der Waals surface area contributed by atoms with Crippen LogP contribution in [0.1, 0.15) is 23.1 Å². The Morgan fingerprint density at radius 1 is 1.41 bits per heavy atom. The number of fused-ring (bicyclic) bond motifs is 1. The number of thiophene rings is 2. The number of hydrogen-bond acceptors (Lipinski definition) is 5. The molecule has 3 aromatic rings. The van der Waals surface area contributed by atoms with E-state index in [1.165, 1.54) is 22.3 Å². The first-order valence-electron chi connectivity index (χ1n) is 6.99. The topological polar surface area (TPSA) is 64.0 Å². The predicted molar refractivity (Wildman–Crippen MR) is 90.3 cm³/mol. The summed E-state index contributed by atoms with van der Waals surface area (Å²) in [5.74, 6) is -0.192. The average molecular weight is 333 g/mol. The van der Waals surface area contributed by atoms with Crippen LogP contribution in [-0.4, -0.2) is 15.6 Å². The van der Waals surface area contributed by atoms with Crippen LogP contribution in [0.4, 0.5) is 0 Å². The highest BCUT2D eigenvalue weighted by atomic mass is 32.1. The maximum Gasteiger partial charge on any atom is 0.280 e. The number of carbonyl (C=O) groups is 1. The molecule has 0 aliphatic rings. The van der Waals surface area contributed by atoms with E-state index in [9.17, 15) is 9.59 Å². The second-order valence-electron chi connectivity index (χ2n) is 4.82. The minimum atomic E-state index is -0.231. The summed E-state index contributed by atoms with van der Waals surface area (Å²) in [6.45, 7) is 2.04. The lowest BCUT2D eigenvalue weighted by molar-refractivity contribution is -0.117. The van der Waals surface area contributed by atoms with E-state index >= 15 is 0 Å². The number of nitrogens with one attached hydrogen (secondary N) is 1. The van der Waals surface area contributed by atoms with Gasteiger partial charge in [0.25, 0.3) is 5.56 Å². The average Bonchev–Trinajstić information content (AvgIpc) is 3.17. The molecule has 0 aromatic carbocycles. The zero-order valence-electron chi connectivity index (χ0n) is 12.0. The molecule has 0 saturated heterocycles. The molecular weight excluding hydrogens is 318 g/mol. The van der Waals surface area contributed by atoms with Gasteiger partial charge in [-0.3, -0.25) is 15.0 Å². The molecule has 114 valence electrons. The van der Waals surface area contributed by atoms with E-state index in [1.54, 1.807) is 11.3 Å². The molecule has 3 rings (SSSR count). The number of amides is 1. The third-order valence-electron chi connectivity index (χ3n) is 3.28. The zero-order chi connectivity index (χ0) is 15.5. The van der Waals surface area contributed by atoms with Crippen LogP contribution in [0.3, 0.4) is 0 Å². The molecule has 3 aromatic heterocycles. The fourth-order valence-electron chi connectivity index (χ4n) is 2.11. The van der Waals surface area contributed by atoms with Crippen LogP contribution < -0.4 is 11.0 Å². The number of aromatic nitrogens is 2. The molecule has 1 N–H and O–H groups in total. The Labute approximate surface area is 135 Å². The van der Waals surface area contributed by atoms with Crippen LogP contribution in [0.25, 0.3) is 10.2 Å². The van der Waals surface area contributed by atoms with Gasteiger partial charge in [0.15, 0.2) is 0 Å². The van der Waals surface area contributed by atoms with Crippen molar-refractivity contribution in [1.29, 1.82) is 0 Å². The molecule has 0 aliphatic heterocycles. The van der Waals surface area contributed by atoms with Crippen LogP contribution in [0.5, 0.6) is 0 Å². The Morgan fingerprint density at radius 3 is 3.00 bits per heavy atom. The highest BCUT2D eigenvalue weighted by molar-refractivity contribution is 7.18. The number of aryl methyl sites for hydroxylation is 2. The summed E-state index contributed by atoms with van der Waals surface area (Å²) in [5.41, 5.74) is 2.37. The van der Waals surface area contributed by atoms with Crippen molar-refractivity contribution < 1.29 is 4.79 Å². The second-order valence-corrected chi connectivity index (χ2v) is 6.97. The molecule has 0 bridgehead atoms. The van der Waals surface area contributed by atoms with Crippen molar-refractivity contribution in [3.63, 3.8) is 0 Å². The maximum absolute atomic E-state index is 12.3. The van der Waals surface area contributed by atoms with Gasteiger partial charge in [-0.25, -0.2) is 9.66 Å². The van der Waals surface area contributed by atoms with Crippen molar-refractivity contribution in [3.05, 3.63) is 50.0 Å². The van der Waals surface area contributed by atoms with E-state index in [-0.39, 0.29) is 11.5 Å². The minimum Gasteiger partial charge on any atom is -0.273 e. The summed E-state index contributed by atoms with van der Waals surface area (Å²) in [6.07, 6.45) is 3.26. The zero-order valence-corrected chi connectivity index (χ0v) is 13.7. The van der Waals surface area contributed by atoms with Crippen molar-refractivity contribution in [1.82, 2.24) is 9.66 Å². The number of nitrogens with zero attached hydrogens (tertiary/aromatic N) is 2. The number of carbonyl (C=O) groups excluding carboxylic acids is 1. The van der Waals surface area contributed by atoms with Crippen LogP contribution in [0, 0.1) is 0 Å². The van der Waals surface area contributed by atoms with Gasteiger partial charge >= 0.3 is 0 Å². The first-order valence-corrected chi connectivity index (χ1v) is 8.69. The fraction of sp³-hybridized carbons (Fsp3) is 0.267. The van der Waals surface area contributed by atoms with Gasteiger partial charge in [-0.1, -0.05) is 13.0 Å². The van der Waals surface area contributed by atoms with Crippen molar-refractivity contribution in [3.8, 4) is 0 Å². The van der Waals surface area contributed by atoms with E-state index < -0.39 is 0 Å². The SMILES string of the molecule is CCc1cc2c(=O)n(NC(=O)CCc3cccs3)cnc2s1. The third kappa shape index (κ3) is 3.10. The lowest BCUT2D eigenvalue weighted by Gasteiger charge is -2.06. The summed E-state index contributed by atoms with van der Waals surface area (Å²) >= 11 is 3.13. The Kier molecular flexibility index (Phi) is 4.35. The highest BCUT2D eigenvalue weighted by Gasteiger charge is 2.10. The third-order valence-corrected chi connectivity index (χ3v) is 5.40. The number of hydrogen-bond donors (Lipinski definition) is 1. The first kappa shape index (κ1) is 14.9. The summed E-state index contributed by atoms with van der Waals surface area (Å²) in [5, 5.41) is 2.54. The molecule has 5 nitrogen and oxygen atoms in total. The quantitative estimate of drug-likeness (QED) is 0.781. The molecule has 0 fully saturated rings. The predicted octanol–water partition coefficient (Wildman–Crippen LogP) is 2.78. The van der Waals surface area contributed by atoms with Gasteiger partial charge in [0.2, 0.25) is 5.91 Å². The van der Waals surface area contributed by atoms with Crippen LogP contribution in [0.2, 0.25) is 0 Å². The fourth-order valence-corrected chi connectivity index (χ4v) is 3.74. The standard InChI is InChI=1S/C15H15N3O2S2/c1-2-10-8-12-14(22-10)16-9-18(15(12)20)17-13(19)6-5-11-4-3-7-21-11/h3-4,7-9H,2,5-6H2,1H3,(H,17,19). The van der Waals surface area contributed by atoms with Crippen LogP contribution >= 0.6 is 22.7 Å². The lowest BCUT2D eigenvalue weighted by Crippen LogP contribution is -2.33. The molecule has 3 heterocycles. The summed E-state index contributed by atoms with van der Waals surface area (Å²) in [6, 6.07) is 5.81. The smallest absolute Gasteiger partial charge is 0.273 e. The van der Waals surface area contributed by atoms with Gasteiger partial charge < -0.3 is 0 Å². The van der Waals surface area contributed by atoms with Crippen LogP contribution in [-0.2, 0) is 17.6 Å².